The smallest absolute Gasteiger partial charge is 0.326 e. The fourth-order valence-electron chi connectivity index (χ4n) is 8.33. The third kappa shape index (κ3) is 5.95. The summed E-state index contributed by atoms with van der Waals surface area (Å²) < 4.78 is 0. The number of allylic oxidation sites excluding steroid dienone is 2. The summed E-state index contributed by atoms with van der Waals surface area (Å²) in [4.78, 5) is 41.5. The van der Waals surface area contributed by atoms with Crippen molar-refractivity contribution in [1.29, 1.82) is 0 Å². The maximum absolute atomic E-state index is 12.4. The van der Waals surface area contributed by atoms with Crippen molar-refractivity contribution in [1.82, 2.24) is 10.6 Å². The molecule has 3 saturated carbocycles. The van der Waals surface area contributed by atoms with E-state index >= 15 is 0 Å². The first kappa shape index (κ1) is 32.4. The minimum atomic E-state index is -1.17. The van der Waals surface area contributed by atoms with Gasteiger partial charge in [-0.2, -0.15) is 11.8 Å². The number of aliphatic carboxylic acids is 1. The van der Waals surface area contributed by atoms with Gasteiger partial charge in [-0.15, -0.1) is 6.42 Å². The number of thioether (sulfide) groups is 1. The highest BCUT2D eigenvalue weighted by Gasteiger charge is 2.66. The number of amides is 2. The van der Waals surface area contributed by atoms with Crippen LogP contribution in [0.25, 0.3) is 0 Å². The largest absolute Gasteiger partial charge is 0.480 e. The van der Waals surface area contributed by atoms with Gasteiger partial charge in [0, 0.05) is 5.41 Å². The lowest BCUT2D eigenvalue weighted by Crippen LogP contribution is -2.59. The molecule has 4 aliphatic carbocycles. The SMILES string of the molecule is C#C[C@]1(O)CC[C@@H]2[C@@H]3CCC4=C/C(=N\OCC(=O)N[C@H](C)C(=O)N[C@H](CCSC)C(=O)O)CC[C@]4(C)[C@H]3[C@H](O)C[C@@]21C. The average Bonchev–Trinajstić information content (AvgIpc) is 3.20. The Balaban J connectivity index is 1.34. The summed E-state index contributed by atoms with van der Waals surface area (Å²) in [6.45, 7) is 5.40. The number of carboxylic acids is 1. The summed E-state index contributed by atoms with van der Waals surface area (Å²) >= 11 is 1.49. The number of carbonyl (C=O) groups excluding carboxylic acids is 2. The van der Waals surface area contributed by atoms with Gasteiger partial charge >= 0.3 is 5.97 Å². The zero-order valence-corrected chi connectivity index (χ0v) is 25.8. The van der Waals surface area contributed by atoms with Crippen LogP contribution >= 0.6 is 11.8 Å². The molecule has 0 saturated heterocycles. The summed E-state index contributed by atoms with van der Waals surface area (Å²) in [5.74, 6) is 1.65. The molecule has 9 atom stereocenters. The number of carbonyl (C=O) groups is 3. The molecule has 4 aliphatic rings. The van der Waals surface area contributed by atoms with E-state index in [4.69, 9.17) is 11.3 Å². The monoisotopic (exact) mass is 603 g/mol. The summed E-state index contributed by atoms with van der Waals surface area (Å²) in [5, 5.41) is 41.2. The zero-order valence-electron chi connectivity index (χ0n) is 25.0. The maximum atomic E-state index is 12.4. The first-order valence-corrected chi connectivity index (χ1v) is 16.3. The Bertz CT molecular complexity index is 1180. The van der Waals surface area contributed by atoms with Crippen molar-refractivity contribution >= 4 is 35.3 Å². The normalized spacial score (nSPS) is 37.6. The molecule has 5 N–H and O–H groups in total. The molecule has 0 spiro atoms. The second-order valence-corrected chi connectivity index (χ2v) is 14.0. The van der Waals surface area contributed by atoms with Gasteiger partial charge in [0.2, 0.25) is 5.91 Å². The predicted octanol–water partition coefficient (Wildman–Crippen LogP) is 2.48. The van der Waals surface area contributed by atoms with Gasteiger partial charge in [-0.25, -0.2) is 4.79 Å². The first-order valence-electron chi connectivity index (χ1n) is 14.9. The van der Waals surface area contributed by atoms with Gasteiger partial charge in [-0.05, 0) is 99.5 Å². The average molecular weight is 604 g/mol. The number of aliphatic hydroxyl groups is 2. The van der Waals surface area contributed by atoms with Gasteiger partial charge in [-0.3, -0.25) is 9.59 Å². The minimum absolute atomic E-state index is 0.0815. The Morgan fingerprint density at radius 2 is 1.98 bits per heavy atom. The van der Waals surface area contributed by atoms with E-state index in [1.165, 1.54) is 24.3 Å². The van der Waals surface area contributed by atoms with Gasteiger partial charge in [0.25, 0.3) is 5.91 Å². The van der Waals surface area contributed by atoms with Crippen LogP contribution in [0.2, 0.25) is 0 Å². The summed E-state index contributed by atoms with van der Waals surface area (Å²) in [5.41, 5.74) is 0.112. The molecular weight excluding hydrogens is 558 g/mol. The molecule has 2 amide bonds. The van der Waals surface area contributed by atoms with Crippen LogP contribution in [0.3, 0.4) is 0 Å². The Labute approximate surface area is 252 Å². The van der Waals surface area contributed by atoms with Gasteiger partial charge in [-0.1, -0.05) is 30.5 Å². The quantitative estimate of drug-likeness (QED) is 0.188. The standard InChI is InChI=1S/C31H45N3O7S/c1-6-31(40)13-10-22-21-8-7-19-15-20(9-12-29(19,3)26(21)24(35)16-30(22,31)4)34-41-17-25(36)32-18(2)27(37)33-23(28(38)39)11-14-42-5/h1,15,18,21-24,26,35,40H,7-14,16-17H2,2-5H3,(H,32,36)(H,33,37)(H,38,39)/b34-20-/t18-,21+,22-,23-,24-,26-,29+,30+,31+/m1/s1. The molecule has 0 bridgehead atoms. The third-order valence-corrected chi connectivity index (χ3v) is 11.3. The number of nitrogens with one attached hydrogen (secondary N) is 2. The van der Waals surface area contributed by atoms with E-state index in [-0.39, 0.29) is 36.2 Å². The van der Waals surface area contributed by atoms with Gasteiger partial charge in [0.1, 0.15) is 17.7 Å². The van der Waals surface area contributed by atoms with Crippen molar-refractivity contribution in [3.63, 3.8) is 0 Å². The fraction of sp³-hybridized carbons (Fsp3) is 0.742. The summed E-state index contributed by atoms with van der Waals surface area (Å²) in [7, 11) is 0. The highest BCUT2D eigenvalue weighted by molar-refractivity contribution is 7.98. The molecular formula is C31H45N3O7S. The number of rotatable bonds is 10. The second-order valence-electron chi connectivity index (χ2n) is 13.0. The molecule has 0 unspecified atom stereocenters. The summed E-state index contributed by atoms with van der Waals surface area (Å²) in [6.07, 6.45) is 14.6. The molecule has 3 fully saturated rings. The number of oxime groups is 1. The van der Waals surface area contributed by atoms with Crippen molar-refractivity contribution in [2.75, 3.05) is 18.6 Å². The van der Waals surface area contributed by atoms with E-state index in [1.54, 1.807) is 0 Å². The van der Waals surface area contributed by atoms with Crippen LogP contribution in [0.1, 0.15) is 72.1 Å². The van der Waals surface area contributed by atoms with Crippen LogP contribution in [0.15, 0.2) is 16.8 Å². The Hall–Kier alpha value is -2.55. The number of hydrogen-bond donors (Lipinski definition) is 5. The number of fused-ring (bicyclic) bond motifs is 5. The molecule has 232 valence electrons. The van der Waals surface area contributed by atoms with Gasteiger partial charge in [0.05, 0.1) is 11.8 Å². The van der Waals surface area contributed by atoms with Crippen LogP contribution in [-0.2, 0) is 19.2 Å². The highest BCUT2D eigenvalue weighted by Crippen LogP contribution is 2.67. The van der Waals surface area contributed by atoms with E-state index in [2.05, 4.69) is 35.6 Å². The molecule has 0 aliphatic heterocycles. The van der Waals surface area contributed by atoms with Crippen molar-refractivity contribution in [2.45, 2.75) is 95.9 Å². The molecule has 0 aromatic carbocycles. The van der Waals surface area contributed by atoms with Crippen LogP contribution in [0.5, 0.6) is 0 Å². The van der Waals surface area contributed by atoms with Crippen LogP contribution in [-0.4, -0.2) is 81.2 Å². The first-order chi connectivity index (χ1) is 19.8. The van der Waals surface area contributed by atoms with Crippen molar-refractivity contribution in [3.05, 3.63) is 11.6 Å². The minimum Gasteiger partial charge on any atom is -0.480 e. The molecule has 10 nitrogen and oxygen atoms in total. The number of terminal acetylenes is 1. The Morgan fingerprint density at radius 1 is 1.24 bits per heavy atom. The molecule has 0 aromatic rings. The fourth-order valence-corrected chi connectivity index (χ4v) is 8.80. The van der Waals surface area contributed by atoms with Crippen LogP contribution < -0.4 is 10.6 Å². The maximum Gasteiger partial charge on any atom is 0.326 e. The molecule has 0 radical (unpaired) electrons. The van der Waals surface area contributed by atoms with E-state index in [9.17, 15) is 29.7 Å². The van der Waals surface area contributed by atoms with E-state index < -0.39 is 47.0 Å². The molecule has 4 rings (SSSR count). The van der Waals surface area contributed by atoms with Crippen molar-refractivity contribution in [3.8, 4) is 12.3 Å². The van der Waals surface area contributed by atoms with Crippen LogP contribution in [0, 0.1) is 40.9 Å². The Kier molecular flexibility index (Phi) is 9.70. The molecule has 0 aromatic heterocycles. The summed E-state index contributed by atoms with van der Waals surface area (Å²) in [6, 6.07) is -1.95. The Morgan fingerprint density at radius 3 is 2.64 bits per heavy atom. The predicted molar refractivity (Wildman–Crippen MR) is 160 cm³/mol. The van der Waals surface area contributed by atoms with Gasteiger partial charge in [0.15, 0.2) is 6.61 Å². The second kappa shape index (κ2) is 12.6. The van der Waals surface area contributed by atoms with E-state index in [0.717, 1.165) is 31.4 Å². The number of hydrogen-bond acceptors (Lipinski definition) is 8. The molecule has 11 heteroatoms. The molecule has 0 heterocycles. The zero-order chi connectivity index (χ0) is 30.9. The third-order valence-electron chi connectivity index (χ3n) is 10.7. The highest BCUT2D eigenvalue weighted by atomic mass is 32.2. The lowest BCUT2D eigenvalue weighted by molar-refractivity contribution is -0.153. The van der Waals surface area contributed by atoms with E-state index in [1.807, 2.05) is 12.3 Å². The number of nitrogens with zero attached hydrogens (tertiary/aromatic N) is 1. The lowest BCUT2D eigenvalue weighted by atomic mass is 9.45. The van der Waals surface area contributed by atoms with Crippen molar-refractivity contribution in [2.24, 2.45) is 33.7 Å². The lowest BCUT2D eigenvalue weighted by Gasteiger charge is -2.60. The van der Waals surface area contributed by atoms with Crippen LogP contribution in [0.4, 0.5) is 0 Å². The number of aliphatic hydroxyl groups excluding tert-OH is 1. The van der Waals surface area contributed by atoms with E-state index in [0.29, 0.717) is 25.0 Å². The number of carboxylic acid groups (broad SMARTS) is 1. The topological polar surface area (TPSA) is 158 Å². The van der Waals surface area contributed by atoms with Crippen molar-refractivity contribution < 1.29 is 34.5 Å². The molecule has 42 heavy (non-hydrogen) atoms. The van der Waals surface area contributed by atoms with Gasteiger partial charge < -0.3 is 30.8 Å².